The van der Waals surface area contributed by atoms with E-state index in [0.717, 1.165) is 19.8 Å². The minimum absolute atomic E-state index is 0.0750. The number of fused-ring (bicyclic) bond motifs is 1. The molecule has 1 fully saturated rings. The Hall–Kier alpha value is -2.92. The summed E-state index contributed by atoms with van der Waals surface area (Å²) in [6, 6.07) is 3.72. The molecular formula is C20H17ClF2N4O2. The molecule has 2 N–H and O–H groups in total. The van der Waals surface area contributed by atoms with E-state index in [1.807, 2.05) is 0 Å². The maximum atomic E-state index is 14.8. The number of nitrogens with one attached hydrogen (secondary N) is 2. The van der Waals surface area contributed by atoms with Gasteiger partial charge in [-0.3, -0.25) is 9.48 Å². The summed E-state index contributed by atoms with van der Waals surface area (Å²) < 4.78 is 31.0. The van der Waals surface area contributed by atoms with Gasteiger partial charge in [-0.1, -0.05) is 23.4 Å². The summed E-state index contributed by atoms with van der Waals surface area (Å²) >= 11 is 6.40. The van der Waals surface area contributed by atoms with Crippen molar-refractivity contribution in [2.45, 2.75) is 37.8 Å². The number of urea groups is 1. The van der Waals surface area contributed by atoms with Crippen LogP contribution in [0.4, 0.5) is 19.3 Å². The Morgan fingerprint density at radius 3 is 2.83 bits per heavy atom. The second kappa shape index (κ2) is 6.85. The zero-order valence-electron chi connectivity index (χ0n) is 15.4. The number of aromatic nitrogens is 2. The monoisotopic (exact) mass is 418 g/mol. The number of carbonyl (C=O) groups excluding carboxylic acids is 2. The fraction of sp³-hybridized carbons (Fsp3) is 0.350. The van der Waals surface area contributed by atoms with Gasteiger partial charge in [0.05, 0.1) is 6.54 Å². The molecule has 9 heteroatoms. The zero-order valence-corrected chi connectivity index (χ0v) is 16.2. The second-order valence-corrected chi connectivity index (χ2v) is 7.71. The van der Waals surface area contributed by atoms with Gasteiger partial charge in [0.1, 0.15) is 5.69 Å². The molecule has 0 bridgehead atoms. The number of hydrogen-bond donors (Lipinski definition) is 2. The number of amides is 2. The highest BCUT2D eigenvalue weighted by atomic mass is 35.5. The third-order valence-corrected chi connectivity index (χ3v) is 5.31. The summed E-state index contributed by atoms with van der Waals surface area (Å²) in [7, 11) is 0. The molecule has 0 spiro atoms. The molecular weight excluding hydrogens is 402 g/mol. The van der Waals surface area contributed by atoms with Crippen LogP contribution in [0.25, 0.3) is 0 Å². The van der Waals surface area contributed by atoms with Gasteiger partial charge in [0.25, 0.3) is 5.92 Å². The molecule has 1 aromatic carbocycles. The van der Waals surface area contributed by atoms with Crippen LogP contribution in [0.1, 0.15) is 41.4 Å². The van der Waals surface area contributed by atoms with Crippen molar-refractivity contribution in [2.24, 2.45) is 5.92 Å². The minimum atomic E-state index is -3.35. The molecule has 0 radical (unpaired) electrons. The maximum absolute atomic E-state index is 14.8. The number of nitrogens with zero attached hydrogens (tertiary/aromatic N) is 2. The molecule has 0 unspecified atom stereocenters. The summed E-state index contributed by atoms with van der Waals surface area (Å²) in [5.74, 6) is 2.22. The third-order valence-electron chi connectivity index (χ3n) is 4.95. The van der Waals surface area contributed by atoms with Crippen LogP contribution in [0.15, 0.2) is 24.4 Å². The van der Waals surface area contributed by atoms with E-state index in [2.05, 4.69) is 27.6 Å². The Labute approximate surface area is 170 Å². The lowest BCUT2D eigenvalue weighted by Crippen LogP contribution is -2.59. The van der Waals surface area contributed by atoms with Crippen LogP contribution in [0.5, 0.6) is 0 Å². The first-order chi connectivity index (χ1) is 13.7. The number of halogens is 3. The van der Waals surface area contributed by atoms with Crippen LogP contribution < -0.4 is 10.6 Å². The van der Waals surface area contributed by atoms with Gasteiger partial charge >= 0.3 is 6.03 Å². The highest BCUT2D eigenvalue weighted by Gasteiger charge is 2.55. The topological polar surface area (TPSA) is 76.0 Å². The number of anilines is 1. The van der Waals surface area contributed by atoms with Crippen LogP contribution in [-0.4, -0.2) is 28.0 Å². The Morgan fingerprint density at radius 2 is 2.21 bits per heavy atom. The SMILES string of the molecule is CC(F)(F)[C@@]1(C#CC2CC2)NC(=O)Nc2cc(Cn3ccc(C=O)n3)c(Cl)cc21. The molecule has 2 aromatic rings. The number of aldehydes is 1. The van der Waals surface area contributed by atoms with Gasteiger partial charge in [0.15, 0.2) is 11.8 Å². The van der Waals surface area contributed by atoms with Crippen molar-refractivity contribution < 1.29 is 18.4 Å². The minimum Gasteiger partial charge on any atom is -0.312 e. The number of benzene rings is 1. The van der Waals surface area contributed by atoms with Crippen molar-refractivity contribution in [1.29, 1.82) is 0 Å². The number of carbonyl (C=O) groups is 2. The lowest BCUT2D eigenvalue weighted by molar-refractivity contribution is -0.0464. The molecule has 6 nitrogen and oxygen atoms in total. The maximum Gasteiger partial charge on any atom is 0.320 e. The van der Waals surface area contributed by atoms with Gasteiger partial charge in [-0.15, -0.1) is 0 Å². The Balaban J connectivity index is 1.80. The molecule has 1 aliphatic heterocycles. The quantitative estimate of drug-likeness (QED) is 0.585. The van der Waals surface area contributed by atoms with E-state index in [-0.39, 0.29) is 34.4 Å². The Morgan fingerprint density at radius 1 is 1.45 bits per heavy atom. The van der Waals surface area contributed by atoms with Crippen molar-refractivity contribution in [3.05, 3.63) is 46.2 Å². The summed E-state index contributed by atoms with van der Waals surface area (Å²) in [6.07, 6.45) is 3.95. The van der Waals surface area contributed by atoms with Crippen molar-refractivity contribution >= 4 is 29.6 Å². The molecule has 1 saturated carbocycles. The molecule has 29 heavy (non-hydrogen) atoms. The van der Waals surface area contributed by atoms with Crippen molar-refractivity contribution in [3.63, 3.8) is 0 Å². The third kappa shape index (κ3) is 3.58. The number of rotatable bonds is 4. The summed E-state index contributed by atoms with van der Waals surface area (Å²) in [4.78, 5) is 23.0. The molecule has 150 valence electrons. The Bertz CT molecular complexity index is 1060. The molecule has 1 aliphatic carbocycles. The molecule has 0 saturated heterocycles. The van der Waals surface area contributed by atoms with E-state index in [1.54, 1.807) is 12.3 Å². The summed E-state index contributed by atoms with van der Waals surface area (Å²) in [5, 5.41) is 9.18. The van der Waals surface area contributed by atoms with Crippen LogP contribution in [-0.2, 0) is 12.1 Å². The molecule has 2 aliphatic rings. The first-order valence-electron chi connectivity index (χ1n) is 9.03. The molecule has 2 heterocycles. The molecule has 1 atom stereocenters. The number of alkyl halides is 2. The predicted molar refractivity (Wildman–Crippen MR) is 103 cm³/mol. The lowest BCUT2D eigenvalue weighted by Gasteiger charge is -2.40. The van der Waals surface area contributed by atoms with Crippen molar-refractivity contribution in [1.82, 2.24) is 15.1 Å². The average Bonchev–Trinajstić information content (AvgIpc) is 3.37. The molecule has 1 aromatic heterocycles. The Kier molecular flexibility index (Phi) is 4.58. The molecule has 4 rings (SSSR count). The van der Waals surface area contributed by atoms with Crippen LogP contribution in [0.2, 0.25) is 5.02 Å². The van der Waals surface area contributed by atoms with E-state index < -0.39 is 17.5 Å². The second-order valence-electron chi connectivity index (χ2n) is 7.31. The van der Waals surface area contributed by atoms with Crippen molar-refractivity contribution in [2.75, 3.05) is 5.32 Å². The van der Waals surface area contributed by atoms with Crippen LogP contribution >= 0.6 is 11.6 Å². The number of hydrogen-bond acceptors (Lipinski definition) is 3. The van der Waals surface area contributed by atoms with Gasteiger partial charge in [0.2, 0.25) is 0 Å². The smallest absolute Gasteiger partial charge is 0.312 e. The van der Waals surface area contributed by atoms with Crippen LogP contribution in [0, 0.1) is 17.8 Å². The van der Waals surface area contributed by atoms with Gasteiger partial charge < -0.3 is 10.6 Å². The zero-order chi connectivity index (χ0) is 20.8. The van der Waals surface area contributed by atoms with Gasteiger partial charge in [-0.2, -0.15) is 5.10 Å². The highest BCUT2D eigenvalue weighted by Crippen LogP contribution is 2.45. The lowest BCUT2D eigenvalue weighted by atomic mass is 9.81. The van der Waals surface area contributed by atoms with Crippen LogP contribution in [0.3, 0.4) is 0 Å². The normalized spacial score (nSPS) is 20.8. The van der Waals surface area contributed by atoms with Crippen molar-refractivity contribution in [3.8, 4) is 11.8 Å². The van der Waals surface area contributed by atoms with Gasteiger partial charge in [-0.05, 0) is 36.6 Å². The van der Waals surface area contributed by atoms with E-state index in [4.69, 9.17) is 11.6 Å². The predicted octanol–water partition coefficient (Wildman–Crippen LogP) is 3.80. The van der Waals surface area contributed by atoms with Gasteiger partial charge in [0, 0.05) is 35.3 Å². The highest BCUT2D eigenvalue weighted by molar-refractivity contribution is 6.31. The van der Waals surface area contributed by atoms with Gasteiger partial charge in [-0.25, -0.2) is 13.6 Å². The summed E-state index contributed by atoms with van der Waals surface area (Å²) in [5.41, 5.74) is -1.04. The average molecular weight is 419 g/mol. The van der Waals surface area contributed by atoms with E-state index >= 15 is 0 Å². The summed E-state index contributed by atoms with van der Waals surface area (Å²) in [6.45, 7) is 0.934. The first kappa shape index (κ1) is 19.4. The standard InChI is InChI=1S/C20H17ClF2N4O2/c1-19(22,23)20(6-4-12-2-3-12)15-9-16(21)13(8-17(15)24-18(29)25-20)10-27-7-5-14(11-28)26-27/h5,7-9,11-12H,2-3,10H2,1H3,(H2,24,25,29)/t20-/m0/s1. The van der Waals surface area contributed by atoms with E-state index in [9.17, 15) is 18.4 Å². The fourth-order valence-corrected chi connectivity index (χ4v) is 3.46. The molecule has 2 amide bonds. The van der Waals surface area contributed by atoms with E-state index in [0.29, 0.717) is 11.8 Å². The van der Waals surface area contributed by atoms with E-state index in [1.165, 1.54) is 16.8 Å². The first-order valence-corrected chi connectivity index (χ1v) is 9.41. The largest absolute Gasteiger partial charge is 0.320 e. The fourth-order valence-electron chi connectivity index (χ4n) is 3.24.